The molecule has 0 radical (unpaired) electrons. The molecular formula is C17H28. The topological polar surface area (TPSA) is 0 Å². The summed E-state index contributed by atoms with van der Waals surface area (Å²) in [6.45, 7) is 12.5. The van der Waals surface area contributed by atoms with Crippen LogP contribution in [0, 0.1) is 0 Å². The Morgan fingerprint density at radius 3 is 1.88 bits per heavy atom. The number of allylic oxidation sites excluding steroid dienone is 7. The highest BCUT2D eigenvalue weighted by atomic mass is 14.0. The van der Waals surface area contributed by atoms with Crippen molar-refractivity contribution in [2.24, 2.45) is 0 Å². The van der Waals surface area contributed by atoms with Gasteiger partial charge in [0.2, 0.25) is 0 Å². The van der Waals surface area contributed by atoms with Crippen LogP contribution >= 0.6 is 0 Å². The van der Waals surface area contributed by atoms with E-state index < -0.39 is 0 Å². The second kappa shape index (κ2) is 10.1. The third-order valence-electron chi connectivity index (χ3n) is 2.76. The molecule has 0 aliphatic heterocycles. The lowest BCUT2D eigenvalue weighted by Crippen LogP contribution is -1.80. The Kier molecular flexibility index (Phi) is 9.52. The van der Waals surface area contributed by atoms with Crippen molar-refractivity contribution in [2.45, 2.75) is 59.8 Å². The Labute approximate surface area is 108 Å². The van der Waals surface area contributed by atoms with E-state index in [9.17, 15) is 0 Å². The molecule has 0 aliphatic carbocycles. The minimum Gasteiger partial charge on any atom is -0.103 e. The molecule has 96 valence electrons. The van der Waals surface area contributed by atoms with Gasteiger partial charge in [0.15, 0.2) is 0 Å². The number of rotatable bonds is 8. The van der Waals surface area contributed by atoms with E-state index in [0.29, 0.717) is 0 Å². The number of hydrogen-bond donors (Lipinski definition) is 0. The SMILES string of the molecule is C=CCC=C(C)CC/C=C(\C)CCC=C(C)C. The zero-order valence-electron chi connectivity index (χ0n) is 12.1. The van der Waals surface area contributed by atoms with Gasteiger partial charge in [-0.3, -0.25) is 0 Å². The van der Waals surface area contributed by atoms with Crippen LogP contribution in [0.15, 0.2) is 47.6 Å². The van der Waals surface area contributed by atoms with Crippen molar-refractivity contribution < 1.29 is 0 Å². The quantitative estimate of drug-likeness (QED) is 0.451. The van der Waals surface area contributed by atoms with Crippen molar-refractivity contribution in [2.75, 3.05) is 0 Å². The highest BCUT2D eigenvalue weighted by Gasteiger charge is 1.91. The predicted octanol–water partition coefficient (Wildman–Crippen LogP) is 5.98. The Morgan fingerprint density at radius 1 is 0.824 bits per heavy atom. The van der Waals surface area contributed by atoms with E-state index in [0.717, 1.165) is 6.42 Å². The summed E-state index contributed by atoms with van der Waals surface area (Å²) in [5.41, 5.74) is 4.40. The van der Waals surface area contributed by atoms with Crippen molar-refractivity contribution in [3.05, 3.63) is 47.6 Å². The summed E-state index contributed by atoms with van der Waals surface area (Å²) in [5, 5.41) is 0. The van der Waals surface area contributed by atoms with Crippen molar-refractivity contribution in [3.8, 4) is 0 Å². The van der Waals surface area contributed by atoms with Crippen molar-refractivity contribution in [1.29, 1.82) is 0 Å². The largest absolute Gasteiger partial charge is 0.103 e. The van der Waals surface area contributed by atoms with E-state index in [1.54, 1.807) is 0 Å². The molecule has 0 aromatic heterocycles. The van der Waals surface area contributed by atoms with Crippen LogP contribution in [-0.2, 0) is 0 Å². The third-order valence-corrected chi connectivity index (χ3v) is 2.76. The fourth-order valence-electron chi connectivity index (χ4n) is 1.62. The summed E-state index contributed by atoms with van der Waals surface area (Å²) in [4.78, 5) is 0. The van der Waals surface area contributed by atoms with Crippen LogP contribution in [0.3, 0.4) is 0 Å². The molecule has 0 aliphatic rings. The first-order valence-electron chi connectivity index (χ1n) is 6.61. The average Bonchev–Trinajstić information content (AvgIpc) is 2.25. The minimum atomic E-state index is 0.995. The normalized spacial score (nSPS) is 12.5. The summed E-state index contributed by atoms with van der Waals surface area (Å²) in [6, 6.07) is 0. The zero-order valence-corrected chi connectivity index (χ0v) is 12.1. The van der Waals surface area contributed by atoms with E-state index in [1.807, 2.05) is 6.08 Å². The molecule has 0 heteroatoms. The molecular weight excluding hydrogens is 204 g/mol. The molecule has 0 bridgehead atoms. The maximum atomic E-state index is 3.73. The fourth-order valence-corrected chi connectivity index (χ4v) is 1.62. The minimum absolute atomic E-state index is 0.995. The van der Waals surface area contributed by atoms with E-state index in [-0.39, 0.29) is 0 Å². The van der Waals surface area contributed by atoms with Crippen LogP contribution < -0.4 is 0 Å². The van der Waals surface area contributed by atoms with Crippen molar-refractivity contribution >= 4 is 0 Å². The summed E-state index contributed by atoms with van der Waals surface area (Å²) >= 11 is 0. The Bertz CT molecular complexity index is 296. The van der Waals surface area contributed by atoms with Gasteiger partial charge in [-0.05, 0) is 59.8 Å². The lowest BCUT2D eigenvalue weighted by molar-refractivity contribution is 0.915. The molecule has 0 fully saturated rings. The van der Waals surface area contributed by atoms with Gasteiger partial charge in [-0.1, -0.05) is 41.0 Å². The van der Waals surface area contributed by atoms with Gasteiger partial charge in [0.05, 0.1) is 0 Å². The smallest absolute Gasteiger partial charge is 0.0169 e. The van der Waals surface area contributed by atoms with Crippen LogP contribution in [0.4, 0.5) is 0 Å². The molecule has 17 heavy (non-hydrogen) atoms. The van der Waals surface area contributed by atoms with E-state index in [2.05, 4.69) is 52.5 Å². The lowest BCUT2D eigenvalue weighted by atomic mass is 10.1. The van der Waals surface area contributed by atoms with Crippen LogP contribution in [0.5, 0.6) is 0 Å². The van der Waals surface area contributed by atoms with Gasteiger partial charge >= 0.3 is 0 Å². The molecule has 0 aromatic carbocycles. The predicted molar refractivity (Wildman–Crippen MR) is 80.2 cm³/mol. The molecule has 0 atom stereocenters. The van der Waals surface area contributed by atoms with Crippen LogP contribution in [0.25, 0.3) is 0 Å². The molecule has 0 aromatic rings. The first-order valence-corrected chi connectivity index (χ1v) is 6.61. The summed E-state index contributed by atoms with van der Waals surface area (Å²) < 4.78 is 0. The van der Waals surface area contributed by atoms with Crippen LogP contribution in [-0.4, -0.2) is 0 Å². The molecule has 0 unspecified atom stereocenters. The highest BCUT2D eigenvalue weighted by Crippen LogP contribution is 2.11. The van der Waals surface area contributed by atoms with Gasteiger partial charge in [0.25, 0.3) is 0 Å². The molecule has 0 spiro atoms. The van der Waals surface area contributed by atoms with Gasteiger partial charge in [0, 0.05) is 0 Å². The van der Waals surface area contributed by atoms with Gasteiger partial charge < -0.3 is 0 Å². The Balaban J connectivity index is 3.83. The van der Waals surface area contributed by atoms with Crippen LogP contribution in [0.1, 0.15) is 59.8 Å². The molecule has 0 amide bonds. The second-order valence-corrected chi connectivity index (χ2v) is 4.98. The number of hydrogen-bond acceptors (Lipinski definition) is 0. The Morgan fingerprint density at radius 2 is 1.35 bits per heavy atom. The standard InChI is InChI=1S/C17H28/c1-6-7-11-16(4)13-9-14-17(5)12-8-10-15(2)3/h6,10-11,14H,1,7-9,12-13H2,2-5H3/b16-11?,17-14+. The van der Waals surface area contributed by atoms with Crippen molar-refractivity contribution in [3.63, 3.8) is 0 Å². The third kappa shape index (κ3) is 11.2. The first-order chi connectivity index (χ1) is 8.06. The molecule has 0 nitrogen and oxygen atoms in total. The first kappa shape index (κ1) is 16.0. The molecule has 0 saturated carbocycles. The van der Waals surface area contributed by atoms with Gasteiger partial charge in [-0.2, -0.15) is 0 Å². The molecule has 0 rings (SSSR count). The molecule has 0 saturated heterocycles. The van der Waals surface area contributed by atoms with Gasteiger partial charge in [0.1, 0.15) is 0 Å². The molecule has 0 heterocycles. The zero-order chi connectivity index (χ0) is 13.1. The Hall–Kier alpha value is -1.04. The second-order valence-electron chi connectivity index (χ2n) is 4.98. The van der Waals surface area contributed by atoms with Gasteiger partial charge in [-0.15, -0.1) is 6.58 Å². The lowest BCUT2D eigenvalue weighted by Gasteiger charge is -2.01. The monoisotopic (exact) mass is 232 g/mol. The summed E-state index contributed by atoms with van der Waals surface area (Å²) in [7, 11) is 0. The average molecular weight is 232 g/mol. The van der Waals surface area contributed by atoms with Crippen molar-refractivity contribution in [1.82, 2.24) is 0 Å². The summed E-state index contributed by atoms with van der Waals surface area (Å²) in [5.74, 6) is 0. The van der Waals surface area contributed by atoms with E-state index in [4.69, 9.17) is 0 Å². The highest BCUT2D eigenvalue weighted by molar-refractivity contribution is 5.06. The summed E-state index contributed by atoms with van der Waals surface area (Å²) in [6.07, 6.45) is 14.6. The van der Waals surface area contributed by atoms with Crippen LogP contribution in [0.2, 0.25) is 0 Å². The maximum Gasteiger partial charge on any atom is -0.0169 e. The fraction of sp³-hybridized carbons (Fsp3) is 0.529. The van der Waals surface area contributed by atoms with E-state index >= 15 is 0 Å². The maximum absolute atomic E-state index is 3.73. The van der Waals surface area contributed by atoms with E-state index in [1.165, 1.54) is 42.4 Å². The van der Waals surface area contributed by atoms with Gasteiger partial charge in [-0.25, -0.2) is 0 Å². The molecule has 0 N–H and O–H groups in total.